The van der Waals surface area contributed by atoms with Gasteiger partial charge in [-0.25, -0.2) is 0 Å². The normalized spacial score (nSPS) is 22.3. The van der Waals surface area contributed by atoms with Crippen molar-refractivity contribution in [1.82, 2.24) is 15.1 Å². The molecule has 2 heterocycles. The Balaban J connectivity index is 1.71. The Labute approximate surface area is 149 Å². The molecule has 1 atom stereocenters. The van der Waals surface area contributed by atoms with Crippen molar-refractivity contribution >= 4 is 11.8 Å². The monoisotopic (exact) mass is 345 g/mol. The first-order chi connectivity index (χ1) is 12.1. The highest BCUT2D eigenvalue weighted by molar-refractivity contribution is 5.87. The molecule has 0 aromatic heterocycles. The van der Waals surface area contributed by atoms with Crippen LogP contribution in [0.2, 0.25) is 0 Å². The van der Waals surface area contributed by atoms with E-state index in [4.69, 9.17) is 4.74 Å². The third-order valence-corrected chi connectivity index (χ3v) is 5.57. The van der Waals surface area contributed by atoms with Gasteiger partial charge in [-0.3, -0.25) is 14.5 Å². The zero-order valence-corrected chi connectivity index (χ0v) is 15.0. The van der Waals surface area contributed by atoms with Crippen LogP contribution in [0, 0.1) is 0 Å². The number of carbonyl (C=O) groups excluding carboxylic acids is 2. The van der Waals surface area contributed by atoms with E-state index in [-0.39, 0.29) is 11.8 Å². The van der Waals surface area contributed by atoms with Gasteiger partial charge in [0, 0.05) is 33.3 Å². The molecule has 0 saturated carbocycles. The van der Waals surface area contributed by atoms with Crippen LogP contribution in [0.4, 0.5) is 0 Å². The fourth-order valence-corrected chi connectivity index (χ4v) is 3.95. The first-order valence-electron chi connectivity index (χ1n) is 8.94. The molecular formula is C19H27N3O3. The lowest BCUT2D eigenvalue weighted by Gasteiger charge is -2.45. The quantitative estimate of drug-likeness (QED) is 0.894. The van der Waals surface area contributed by atoms with Crippen molar-refractivity contribution in [2.24, 2.45) is 0 Å². The highest BCUT2D eigenvalue weighted by atomic mass is 16.5. The van der Waals surface area contributed by atoms with Gasteiger partial charge in [-0.05, 0) is 31.9 Å². The number of nitrogens with zero attached hydrogens (tertiary/aromatic N) is 2. The van der Waals surface area contributed by atoms with E-state index in [0.717, 1.165) is 25.1 Å². The number of piperidine rings is 1. The van der Waals surface area contributed by atoms with Crippen molar-refractivity contribution in [2.75, 3.05) is 40.3 Å². The number of likely N-dealkylation sites (N-methyl/N-ethyl adjacent to an activating group) is 1. The Morgan fingerprint density at radius 1 is 1.20 bits per heavy atom. The summed E-state index contributed by atoms with van der Waals surface area (Å²) in [6, 6.07) is 9.55. The number of rotatable bonds is 3. The molecule has 1 aromatic carbocycles. The molecule has 1 spiro atoms. The Hall–Kier alpha value is -1.92. The minimum absolute atomic E-state index is 0.0276. The third kappa shape index (κ3) is 3.41. The van der Waals surface area contributed by atoms with Crippen molar-refractivity contribution in [3.8, 4) is 0 Å². The first kappa shape index (κ1) is 17.9. The molecule has 1 N–H and O–H groups in total. The topological polar surface area (TPSA) is 61.9 Å². The van der Waals surface area contributed by atoms with E-state index in [9.17, 15) is 9.59 Å². The Bertz CT molecular complexity index is 612. The van der Waals surface area contributed by atoms with E-state index in [0.29, 0.717) is 25.9 Å². The maximum absolute atomic E-state index is 12.9. The molecule has 2 amide bonds. The second kappa shape index (κ2) is 7.54. The number of amides is 2. The molecule has 1 aromatic rings. The van der Waals surface area contributed by atoms with Gasteiger partial charge in [0.15, 0.2) is 6.10 Å². The second-order valence-electron chi connectivity index (χ2n) is 6.91. The van der Waals surface area contributed by atoms with Gasteiger partial charge in [0.1, 0.15) is 5.54 Å². The molecule has 0 radical (unpaired) electrons. The van der Waals surface area contributed by atoms with Crippen LogP contribution in [0.5, 0.6) is 0 Å². The Kier molecular flexibility index (Phi) is 5.39. The predicted molar refractivity (Wildman–Crippen MR) is 95.0 cm³/mol. The van der Waals surface area contributed by atoms with Gasteiger partial charge in [0.25, 0.3) is 5.91 Å². The summed E-state index contributed by atoms with van der Waals surface area (Å²) >= 11 is 0. The van der Waals surface area contributed by atoms with Gasteiger partial charge in [-0.1, -0.05) is 30.3 Å². The highest BCUT2D eigenvalue weighted by Crippen LogP contribution is 2.31. The zero-order chi connectivity index (χ0) is 17.9. The molecule has 2 saturated heterocycles. The van der Waals surface area contributed by atoms with Crippen LogP contribution in [-0.2, 0) is 14.3 Å². The fraction of sp³-hybridized carbons (Fsp3) is 0.579. The van der Waals surface area contributed by atoms with E-state index >= 15 is 0 Å². The van der Waals surface area contributed by atoms with Gasteiger partial charge in [0.05, 0.1) is 0 Å². The standard InChI is InChI=1S/C19H27N3O3/c1-21-12-6-11-20-18(24)19(21)9-13-22(14-10-19)17(23)16(25-2)15-7-4-3-5-8-15/h3-5,7-8,16H,6,9-14H2,1-2H3,(H,20,24)/t16-/m1/s1. The zero-order valence-electron chi connectivity index (χ0n) is 15.0. The summed E-state index contributed by atoms with van der Waals surface area (Å²) in [7, 11) is 3.58. The van der Waals surface area contributed by atoms with Crippen molar-refractivity contribution < 1.29 is 14.3 Å². The summed E-state index contributed by atoms with van der Waals surface area (Å²) in [5.74, 6) is 0.0752. The van der Waals surface area contributed by atoms with Gasteiger partial charge in [0.2, 0.25) is 5.91 Å². The van der Waals surface area contributed by atoms with E-state index in [1.54, 1.807) is 7.11 Å². The maximum atomic E-state index is 12.9. The first-order valence-corrected chi connectivity index (χ1v) is 8.94. The maximum Gasteiger partial charge on any atom is 0.256 e. The number of carbonyl (C=O) groups is 2. The van der Waals surface area contributed by atoms with Gasteiger partial charge < -0.3 is 15.0 Å². The number of hydrogen-bond donors (Lipinski definition) is 1. The van der Waals surface area contributed by atoms with Gasteiger partial charge in [-0.2, -0.15) is 0 Å². The van der Waals surface area contributed by atoms with Crippen molar-refractivity contribution in [1.29, 1.82) is 0 Å². The molecule has 2 aliphatic heterocycles. The van der Waals surface area contributed by atoms with Crippen LogP contribution < -0.4 is 5.32 Å². The summed E-state index contributed by atoms with van der Waals surface area (Å²) in [4.78, 5) is 29.5. The number of ether oxygens (including phenoxy) is 1. The Morgan fingerprint density at radius 2 is 1.88 bits per heavy atom. The summed E-state index contributed by atoms with van der Waals surface area (Å²) in [6.07, 6.45) is 1.70. The number of likely N-dealkylation sites (tertiary alicyclic amines) is 1. The van der Waals surface area contributed by atoms with Crippen LogP contribution in [0.1, 0.15) is 30.9 Å². The van der Waals surface area contributed by atoms with Crippen LogP contribution in [0.25, 0.3) is 0 Å². The van der Waals surface area contributed by atoms with Gasteiger partial charge >= 0.3 is 0 Å². The van der Waals surface area contributed by atoms with Crippen LogP contribution in [0.15, 0.2) is 30.3 Å². The molecule has 6 nitrogen and oxygen atoms in total. The average molecular weight is 345 g/mol. The fourth-order valence-electron chi connectivity index (χ4n) is 3.95. The van der Waals surface area contributed by atoms with Crippen molar-refractivity contribution in [2.45, 2.75) is 30.9 Å². The van der Waals surface area contributed by atoms with E-state index in [1.807, 2.05) is 42.3 Å². The van der Waals surface area contributed by atoms with Crippen LogP contribution in [0.3, 0.4) is 0 Å². The van der Waals surface area contributed by atoms with E-state index in [1.165, 1.54) is 0 Å². The lowest BCUT2D eigenvalue weighted by atomic mass is 9.84. The molecule has 25 heavy (non-hydrogen) atoms. The average Bonchev–Trinajstić information content (AvgIpc) is 2.78. The molecule has 0 aliphatic carbocycles. The van der Waals surface area contributed by atoms with Crippen molar-refractivity contribution in [3.05, 3.63) is 35.9 Å². The molecular weight excluding hydrogens is 318 g/mol. The summed E-state index contributed by atoms with van der Waals surface area (Å²) in [6.45, 7) is 2.78. The molecule has 0 bridgehead atoms. The number of methoxy groups -OCH3 is 1. The third-order valence-electron chi connectivity index (χ3n) is 5.57. The lowest BCUT2D eigenvalue weighted by molar-refractivity contribution is -0.148. The second-order valence-corrected chi connectivity index (χ2v) is 6.91. The highest BCUT2D eigenvalue weighted by Gasteiger charge is 2.46. The molecule has 2 aliphatic rings. The Morgan fingerprint density at radius 3 is 2.52 bits per heavy atom. The minimum atomic E-state index is -0.587. The smallest absolute Gasteiger partial charge is 0.256 e. The molecule has 2 fully saturated rings. The SMILES string of the molecule is CO[C@@H](C(=O)N1CCC2(CC1)C(=O)NCCCN2C)c1ccccc1. The predicted octanol–water partition coefficient (Wildman–Crippen LogP) is 1.19. The van der Waals surface area contributed by atoms with E-state index < -0.39 is 11.6 Å². The van der Waals surface area contributed by atoms with Crippen LogP contribution >= 0.6 is 0 Å². The molecule has 136 valence electrons. The lowest BCUT2D eigenvalue weighted by Crippen LogP contribution is -2.61. The summed E-state index contributed by atoms with van der Waals surface area (Å²) in [5.41, 5.74) is 0.377. The largest absolute Gasteiger partial charge is 0.367 e. The van der Waals surface area contributed by atoms with E-state index in [2.05, 4.69) is 10.2 Å². The van der Waals surface area contributed by atoms with Gasteiger partial charge in [-0.15, -0.1) is 0 Å². The summed E-state index contributed by atoms with van der Waals surface area (Å²) < 4.78 is 5.47. The number of nitrogens with one attached hydrogen (secondary N) is 1. The van der Waals surface area contributed by atoms with Crippen LogP contribution in [-0.4, -0.2) is 67.5 Å². The summed E-state index contributed by atoms with van der Waals surface area (Å²) in [5, 5.41) is 3.03. The minimum Gasteiger partial charge on any atom is -0.367 e. The molecule has 3 rings (SSSR count). The number of benzene rings is 1. The molecule has 0 unspecified atom stereocenters. The van der Waals surface area contributed by atoms with Crippen molar-refractivity contribution in [3.63, 3.8) is 0 Å². The molecule has 6 heteroatoms. The number of hydrogen-bond acceptors (Lipinski definition) is 4.